The van der Waals surface area contributed by atoms with E-state index in [1.807, 2.05) is 0 Å². The van der Waals surface area contributed by atoms with E-state index < -0.39 is 5.56 Å². The molecule has 1 aromatic carbocycles. The molecule has 0 saturated carbocycles. The van der Waals surface area contributed by atoms with Crippen molar-refractivity contribution in [3.8, 4) is 5.75 Å². The number of hydrogen-bond donors (Lipinski definition) is 3. The minimum absolute atomic E-state index is 0.0242. The Labute approximate surface area is 113 Å². The van der Waals surface area contributed by atoms with E-state index in [9.17, 15) is 9.90 Å². The zero-order valence-corrected chi connectivity index (χ0v) is 10.8. The van der Waals surface area contributed by atoms with Gasteiger partial charge in [-0.2, -0.15) is 10.2 Å². The molecule has 0 atom stereocenters. The number of anilines is 1. The Morgan fingerprint density at radius 1 is 1.47 bits per heavy atom. The number of aromatic amines is 1. The number of phenolic OH excluding ortho intramolecular Hbond substituents is 1. The van der Waals surface area contributed by atoms with E-state index in [-0.39, 0.29) is 10.8 Å². The van der Waals surface area contributed by atoms with Gasteiger partial charge in [-0.25, -0.2) is 5.10 Å². The number of rotatable bonds is 3. The molecule has 0 saturated heterocycles. The number of hydrazone groups is 1. The topological polar surface area (TPSA) is 90.4 Å². The average Bonchev–Trinajstić information content (AvgIpc) is 2.40. The van der Waals surface area contributed by atoms with E-state index in [0.29, 0.717) is 17.0 Å². The van der Waals surface area contributed by atoms with Gasteiger partial charge in [-0.1, -0.05) is 23.7 Å². The Hall–Kier alpha value is -2.34. The molecule has 7 heteroatoms. The summed E-state index contributed by atoms with van der Waals surface area (Å²) in [4.78, 5) is 11.2. The Morgan fingerprint density at radius 2 is 2.21 bits per heavy atom. The average molecular weight is 279 g/mol. The van der Waals surface area contributed by atoms with Crippen LogP contribution in [0.15, 0.2) is 40.4 Å². The van der Waals surface area contributed by atoms with Crippen molar-refractivity contribution in [2.75, 3.05) is 5.43 Å². The summed E-state index contributed by atoms with van der Waals surface area (Å²) in [6.07, 6.45) is 1.35. The fourth-order valence-electron chi connectivity index (χ4n) is 1.45. The molecule has 0 bridgehead atoms. The largest absolute Gasteiger partial charge is 0.507 e. The molecule has 0 fully saturated rings. The van der Waals surface area contributed by atoms with Crippen LogP contribution in [0.2, 0.25) is 5.02 Å². The van der Waals surface area contributed by atoms with Crippen molar-refractivity contribution < 1.29 is 5.11 Å². The first kappa shape index (κ1) is 13.1. The molecule has 98 valence electrons. The summed E-state index contributed by atoms with van der Waals surface area (Å²) in [5.41, 5.74) is 3.57. The van der Waals surface area contributed by atoms with Crippen LogP contribution in [0.5, 0.6) is 5.75 Å². The molecule has 1 heterocycles. The molecule has 0 aliphatic rings. The Balaban J connectivity index is 2.26. The number of hydrogen-bond acceptors (Lipinski definition) is 5. The molecule has 3 N–H and O–H groups in total. The number of nitrogens with zero attached hydrogens (tertiary/aromatic N) is 2. The van der Waals surface area contributed by atoms with Gasteiger partial charge in [0.15, 0.2) is 0 Å². The maximum Gasteiger partial charge on any atom is 0.285 e. The van der Waals surface area contributed by atoms with Gasteiger partial charge in [0, 0.05) is 5.56 Å². The highest BCUT2D eigenvalue weighted by Crippen LogP contribution is 2.18. The first-order chi connectivity index (χ1) is 9.09. The summed E-state index contributed by atoms with van der Waals surface area (Å²) in [6, 6.07) is 6.80. The van der Waals surface area contributed by atoms with Gasteiger partial charge in [-0.15, -0.1) is 0 Å². The van der Waals surface area contributed by atoms with Crippen LogP contribution in [0.4, 0.5) is 5.69 Å². The van der Waals surface area contributed by atoms with Crippen molar-refractivity contribution in [1.29, 1.82) is 0 Å². The van der Waals surface area contributed by atoms with Crippen molar-refractivity contribution in [2.45, 2.75) is 6.92 Å². The fourth-order valence-corrected chi connectivity index (χ4v) is 1.58. The summed E-state index contributed by atoms with van der Waals surface area (Å²) in [6.45, 7) is 1.72. The number of phenols is 1. The Kier molecular flexibility index (Phi) is 3.82. The number of para-hydroxylation sites is 1. The number of nitrogens with one attached hydrogen (secondary N) is 2. The lowest BCUT2D eigenvalue weighted by Crippen LogP contribution is -2.10. The predicted octanol–water partition coefficient (Wildman–Crippen LogP) is 1.97. The first-order valence-electron chi connectivity index (χ1n) is 5.41. The molecule has 2 rings (SSSR count). The minimum atomic E-state index is -0.498. The zero-order valence-electron chi connectivity index (χ0n) is 10.0. The highest BCUT2D eigenvalue weighted by Gasteiger charge is 2.06. The van der Waals surface area contributed by atoms with E-state index >= 15 is 0 Å². The molecule has 0 aliphatic carbocycles. The van der Waals surface area contributed by atoms with Crippen LogP contribution in [0.1, 0.15) is 12.5 Å². The van der Waals surface area contributed by atoms with Crippen LogP contribution in [-0.2, 0) is 0 Å². The third kappa shape index (κ3) is 2.92. The lowest BCUT2D eigenvalue weighted by molar-refractivity contribution is 0.474. The molecule has 0 aliphatic heterocycles. The van der Waals surface area contributed by atoms with Gasteiger partial charge in [0.05, 0.1) is 11.9 Å². The van der Waals surface area contributed by atoms with Crippen molar-refractivity contribution in [2.24, 2.45) is 5.10 Å². The first-order valence-corrected chi connectivity index (χ1v) is 5.79. The van der Waals surface area contributed by atoms with Crippen LogP contribution in [0.3, 0.4) is 0 Å². The monoisotopic (exact) mass is 278 g/mol. The molecule has 0 radical (unpaired) electrons. The van der Waals surface area contributed by atoms with E-state index in [1.54, 1.807) is 31.2 Å². The summed E-state index contributed by atoms with van der Waals surface area (Å²) >= 11 is 5.79. The number of H-pyrrole nitrogens is 1. The third-order valence-corrected chi connectivity index (χ3v) is 2.81. The van der Waals surface area contributed by atoms with Gasteiger partial charge >= 0.3 is 0 Å². The Morgan fingerprint density at radius 3 is 2.95 bits per heavy atom. The standard InChI is InChI=1S/C12H11ClN4O2/c1-7(8-4-2-3-5-10(8)18)15-16-9-6-14-17-12(19)11(9)13/h2-6,18H,1H3,(H2,16,17,19)/b15-7-. The van der Waals surface area contributed by atoms with Crippen LogP contribution in [-0.4, -0.2) is 21.0 Å². The van der Waals surface area contributed by atoms with Crippen LogP contribution in [0, 0.1) is 0 Å². The number of halogens is 1. The molecule has 2 aromatic rings. The molecule has 1 aromatic heterocycles. The van der Waals surface area contributed by atoms with E-state index in [2.05, 4.69) is 20.7 Å². The van der Waals surface area contributed by atoms with Gasteiger partial charge < -0.3 is 5.11 Å². The molecule has 6 nitrogen and oxygen atoms in total. The second kappa shape index (κ2) is 5.53. The lowest BCUT2D eigenvalue weighted by atomic mass is 10.1. The Bertz CT molecular complexity index is 681. The number of benzene rings is 1. The van der Waals surface area contributed by atoms with Crippen LogP contribution >= 0.6 is 11.6 Å². The van der Waals surface area contributed by atoms with Gasteiger partial charge in [0.1, 0.15) is 16.5 Å². The van der Waals surface area contributed by atoms with Crippen LogP contribution < -0.4 is 11.0 Å². The molecule has 0 unspecified atom stereocenters. The second-order valence-corrected chi connectivity index (χ2v) is 4.13. The second-order valence-electron chi connectivity index (χ2n) is 3.75. The quantitative estimate of drug-likeness (QED) is 0.591. The van der Waals surface area contributed by atoms with E-state index in [0.717, 1.165) is 0 Å². The van der Waals surface area contributed by atoms with E-state index in [1.165, 1.54) is 6.20 Å². The highest BCUT2D eigenvalue weighted by atomic mass is 35.5. The summed E-state index contributed by atoms with van der Waals surface area (Å²) in [5, 5.41) is 19.5. The van der Waals surface area contributed by atoms with Gasteiger partial charge in [-0.3, -0.25) is 10.2 Å². The smallest absolute Gasteiger partial charge is 0.285 e. The van der Waals surface area contributed by atoms with Gasteiger partial charge in [0.2, 0.25) is 0 Å². The number of aromatic nitrogens is 2. The minimum Gasteiger partial charge on any atom is -0.507 e. The van der Waals surface area contributed by atoms with Crippen molar-refractivity contribution in [1.82, 2.24) is 10.2 Å². The summed E-state index contributed by atoms with van der Waals surface area (Å²) in [5.74, 6) is 0.126. The van der Waals surface area contributed by atoms with Crippen molar-refractivity contribution in [3.63, 3.8) is 0 Å². The molecular weight excluding hydrogens is 268 g/mol. The SMILES string of the molecule is C/C(=N/Nc1cn[nH]c(=O)c1Cl)c1ccccc1O. The maximum absolute atomic E-state index is 11.2. The van der Waals surface area contributed by atoms with Crippen LogP contribution in [0.25, 0.3) is 0 Å². The number of aromatic hydroxyl groups is 1. The zero-order chi connectivity index (χ0) is 13.8. The maximum atomic E-state index is 11.2. The fraction of sp³-hybridized carbons (Fsp3) is 0.0833. The lowest BCUT2D eigenvalue weighted by Gasteiger charge is -2.05. The molecule has 19 heavy (non-hydrogen) atoms. The van der Waals surface area contributed by atoms with E-state index in [4.69, 9.17) is 11.6 Å². The normalized spacial score (nSPS) is 11.4. The molecule has 0 amide bonds. The van der Waals surface area contributed by atoms with Gasteiger partial charge in [-0.05, 0) is 19.1 Å². The third-order valence-electron chi connectivity index (χ3n) is 2.43. The highest BCUT2D eigenvalue weighted by molar-refractivity contribution is 6.32. The summed E-state index contributed by atoms with van der Waals surface area (Å²) in [7, 11) is 0. The van der Waals surface area contributed by atoms with Gasteiger partial charge in [0.25, 0.3) is 5.56 Å². The van der Waals surface area contributed by atoms with Crippen molar-refractivity contribution >= 4 is 23.0 Å². The predicted molar refractivity (Wildman–Crippen MR) is 73.8 cm³/mol. The van der Waals surface area contributed by atoms with Crippen molar-refractivity contribution in [3.05, 3.63) is 51.4 Å². The molecule has 0 spiro atoms. The summed E-state index contributed by atoms with van der Waals surface area (Å²) < 4.78 is 0. The molecular formula is C12H11ClN4O2.